The molecular weight excluding hydrogens is 324 g/mol. The van der Waals surface area contributed by atoms with Crippen LogP contribution in [-0.2, 0) is 10.0 Å². The molecule has 2 heterocycles. The average Bonchev–Trinajstić information content (AvgIpc) is 3.06. The van der Waals surface area contributed by atoms with Crippen LogP contribution in [0.25, 0.3) is 0 Å². The quantitative estimate of drug-likeness (QED) is 0.858. The third kappa shape index (κ3) is 2.55. The van der Waals surface area contributed by atoms with Gasteiger partial charge in [0.05, 0.1) is 16.6 Å². The van der Waals surface area contributed by atoms with Crippen LogP contribution in [-0.4, -0.2) is 24.4 Å². The summed E-state index contributed by atoms with van der Waals surface area (Å²) >= 11 is 5.94. The Bertz CT molecular complexity index is 781. The fraction of sp³-hybridized carbons (Fsp3) is 0.400. The maximum absolute atomic E-state index is 12.9. The first kappa shape index (κ1) is 15.5. The molecule has 1 aliphatic heterocycles. The smallest absolute Gasteiger partial charge is 0.243 e. The second kappa shape index (κ2) is 5.68. The summed E-state index contributed by atoms with van der Waals surface area (Å²) in [6.07, 6.45) is 1.58. The number of nitrogens with zero attached hydrogens (tertiary/aromatic N) is 2. The summed E-state index contributed by atoms with van der Waals surface area (Å²) in [7, 11) is -3.59. The number of rotatable bonds is 3. The first-order chi connectivity index (χ1) is 10.4. The molecule has 22 heavy (non-hydrogen) atoms. The summed E-state index contributed by atoms with van der Waals surface area (Å²) in [5.41, 5.74) is 1.62. The van der Waals surface area contributed by atoms with E-state index in [1.807, 2.05) is 13.8 Å². The number of hydrogen-bond acceptors (Lipinski definition) is 4. The molecule has 0 N–H and O–H groups in total. The Morgan fingerprint density at radius 2 is 2.14 bits per heavy atom. The normalized spacial score (nSPS) is 19.7. The summed E-state index contributed by atoms with van der Waals surface area (Å²) in [6.45, 7) is 4.15. The van der Waals surface area contributed by atoms with Crippen LogP contribution < -0.4 is 0 Å². The molecule has 1 aromatic carbocycles. The van der Waals surface area contributed by atoms with E-state index < -0.39 is 10.0 Å². The van der Waals surface area contributed by atoms with E-state index in [1.54, 1.807) is 18.2 Å². The largest absolute Gasteiger partial charge is 0.361 e. The summed E-state index contributed by atoms with van der Waals surface area (Å²) in [6, 6.07) is 6.14. The molecule has 5 nitrogen and oxygen atoms in total. The number of aryl methyl sites for hydroxylation is 2. The molecular formula is C15H17ClN2O3S. The topological polar surface area (TPSA) is 63.4 Å². The van der Waals surface area contributed by atoms with Crippen LogP contribution in [0, 0.1) is 13.8 Å². The summed E-state index contributed by atoms with van der Waals surface area (Å²) in [5.74, 6) is 0.677. The third-order valence-corrected chi connectivity index (χ3v) is 6.17. The fourth-order valence-electron chi connectivity index (χ4n) is 3.04. The molecule has 7 heteroatoms. The molecule has 1 aromatic heterocycles. The van der Waals surface area contributed by atoms with E-state index in [9.17, 15) is 8.42 Å². The van der Waals surface area contributed by atoms with Gasteiger partial charge in [-0.25, -0.2) is 8.42 Å². The molecule has 0 aliphatic carbocycles. The van der Waals surface area contributed by atoms with Gasteiger partial charge in [0.15, 0.2) is 0 Å². The van der Waals surface area contributed by atoms with Crippen LogP contribution in [0.3, 0.4) is 0 Å². The molecule has 0 amide bonds. The van der Waals surface area contributed by atoms with Crippen molar-refractivity contribution in [3.63, 3.8) is 0 Å². The molecule has 3 rings (SSSR count). The number of aromatic nitrogens is 1. The molecule has 0 spiro atoms. The molecule has 0 saturated carbocycles. The number of hydrogen-bond donors (Lipinski definition) is 0. The van der Waals surface area contributed by atoms with E-state index in [4.69, 9.17) is 16.1 Å². The first-order valence-corrected chi connectivity index (χ1v) is 8.93. The lowest BCUT2D eigenvalue weighted by Crippen LogP contribution is -2.31. The Hall–Kier alpha value is -1.37. The van der Waals surface area contributed by atoms with Crippen molar-refractivity contribution in [1.29, 1.82) is 0 Å². The number of benzene rings is 1. The van der Waals surface area contributed by atoms with Crippen molar-refractivity contribution >= 4 is 21.6 Å². The maximum Gasteiger partial charge on any atom is 0.243 e. The number of halogens is 1. The average molecular weight is 341 g/mol. The molecule has 0 radical (unpaired) electrons. The van der Waals surface area contributed by atoms with Gasteiger partial charge in [0.25, 0.3) is 0 Å². The van der Waals surface area contributed by atoms with Gasteiger partial charge < -0.3 is 4.52 Å². The second-order valence-corrected chi connectivity index (χ2v) is 7.80. The Labute approximate surface area is 134 Å². The fourth-order valence-corrected chi connectivity index (χ4v) is 5.01. The highest BCUT2D eigenvalue weighted by atomic mass is 35.5. The van der Waals surface area contributed by atoms with Gasteiger partial charge in [0, 0.05) is 17.1 Å². The van der Waals surface area contributed by atoms with Gasteiger partial charge in [-0.15, -0.1) is 0 Å². The van der Waals surface area contributed by atoms with Gasteiger partial charge in [-0.2, -0.15) is 4.31 Å². The lowest BCUT2D eigenvalue weighted by molar-refractivity contribution is 0.376. The SMILES string of the molecule is Cc1noc(C)c1[C@@H]1CCCN1S(=O)(=O)c1cccc(Cl)c1. The van der Waals surface area contributed by atoms with Crippen molar-refractivity contribution < 1.29 is 12.9 Å². The minimum Gasteiger partial charge on any atom is -0.361 e. The van der Waals surface area contributed by atoms with E-state index in [2.05, 4.69) is 5.16 Å². The monoisotopic (exact) mass is 340 g/mol. The van der Waals surface area contributed by atoms with Crippen molar-refractivity contribution in [2.75, 3.05) is 6.54 Å². The molecule has 1 fully saturated rings. The van der Waals surface area contributed by atoms with Crippen LogP contribution in [0.2, 0.25) is 5.02 Å². The highest BCUT2D eigenvalue weighted by Crippen LogP contribution is 2.39. The third-order valence-electron chi connectivity index (χ3n) is 4.03. The summed E-state index contributed by atoms with van der Waals surface area (Å²) < 4.78 is 32.6. The van der Waals surface area contributed by atoms with Gasteiger partial charge in [0.1, 0.15) is 5.76 Å². The Balaban J connectivity index is 2.03. The number of sulfonamides is 1. The molecule has 0 unspecified atom stereocenters. The van der Waals surface area contributed by atoms with Crippen molar-refractivity contribution in [3.8, 4) is 0 Å². The lowest BCUT2D eigenvalue weighted by Gasteiger charge is -2.24. The predicted molar refractivity (Wildman–Crippen MR) is 83.3 cm³/mol. The van der Waals surface area contributed by atoms with Crippen LogP contribution in [0.4, 0.5) is 0 Å². The Morgan fingerprint density at radius 3 is 2.77 bits per heavy atom. The molecule has 1 aliphatic rings. The standard InChI is InChI=1S/C15H17ClN2O3S/c1-10-15(11(2)21-17-10)14-7-4-8-18(14)22(19,20)13-6-3-5-12(16)9-13/h3,5-6,9,14H,4,7-8H2,1-2H3/t14-/m0/s1. The van der Waals surface area contributed by atoms with Gasteiger partial charge >= 0.3 is 0 Å². The zero-order chi connectivity index (χ0) is 15.9. The van der Waals surface area contributed by atoms with E-state index in [0.29, 0.717) is 17.3 Å². The minimum absolute atomic E-state index is 0.221. The molecule has 1 saturated heterocycles. The minimum atomic E-state index is -3.59. The van der Waals surface area contributed by atoms with Gasteiger partial charge in [-0.1, -0.05) is 22.8 Å². The highest BCUT2D eigenvalue weighted by molar-refractivity contribution is 7.89. The first-order valence-electron chi connectivity index (χ1n) is 7.11. The van der Waals surface area contributed by atoms with E-state index >= 15 is 0 Å². The molecule has 1 atom stereocenters. The van der Waals surface area contributed by atoms with E-state index in [1.165, 1.54) is 10.4 Å². The van der Waals surface area contributed by atoms with Crippen LogP contribution in [0.5, 0.6) is 0 Å². The predicted octanol–water partition coefficient (Wildman–Crippen LogP) is 3.47. The summed E-state index contributed by atoms with van der Waals surface area (Å²) in [5, 5.41) is 4.36. The maximum atomic E-state index is 12.9. The van der Waals surface area contributed by atoms with Gasteiger partial charge in [-0.05, 0) is 44.9 Å². The zero-order valence-electron chi connectivity index (χ0n) is 12.4. The van der Waals surface area contributed by atoms with E-state index in [0.717, 1.165) is 24.1 Å². The second-order valence-electron chi connectivity index (χ2n) is 5.47. The van der Waals surface area contributed by atoms with Crippen molar-refractivity contribution in [3.05, 3.63) is 46.3 Å². The zero-order valence-corrected chi connectivity index (χ0v) is 14.0. The summed E-state index contributed by atoms with van der Waals surface area (Å²) in [4.78, 5) is 0.221. The highest BCUT2D eigenvalue weighted by Gasteiger charge is 2.38. The van der Waals surface area contributed by atoms with Crippen molar-refractivity contribution in [2.24, 2.45) is 0 Å². The van der Waals surface area contributed by atoms with Crippen molar-refractivity contribution in [2.45, 2.75) is 37.6 Å². The molecule has 0 bridgehead atoms. The van der Waals surface area contributed by atoms with Gasteiger partial charge in [0.2, 0.25) is 10.0 Å². The molecule has 2 aromatic rings. The van der Waals surface area contributed by atoms with Crippen LogP contribution in [0.1, 0.15) is 35.9 Å². The lowest BCUT2D eigenvalue weighted by atomic mass is 10.0. The van der Waals surface area contributed by atoms with Crippen molar-refractivity contribution in [1.82, 2.24) is 9.46 Å². The van der Waals surface area contributed by atoms with Crippen LogP contribution in [0.15, 0.2) is 33.7 Å². The van der Waals surface area contributed by atoms with E-state index in [-0.39, 0.29) is 10.9 Å². The van der Waals surface area contributed by atoms with Gasteiger partial charge in [-0.3, -0.25) is 0 Å². The van der Waals surface area contributed by atoms with Crippen LogP contribution >= 0.6 is 11.6 Å². The molecule has 118 valence electrons. The Morgan fingerprint density at radius 1 is 1.36 bits per heavy atom. The Kier molecular flexibility index (Phi) is 4.01.